The summed E-state index contributed by atoms with van der Waals surface area (Å²) in [6.45, 7) is 7.83. The van der Waals surface area contributed by atoms with Crippen molar-refractivity contribution in [2.45, 2.75) is 52.5 Å². The number of likely N-dealkylation sites (tertiary alicyclic amines) is 1. The van der Waals surface area contributed by atoms with Crippen molar-refractivity contribution in [3.05, 3.63) is 24.3 Å². The van der Waals surface area contributed by atoms with Crippen LogP contribution in [0.1, 0.15) is 45.9 Å². The number of carbonyl (C=O) groups excluding carboxylic acids is 1. The van der Waals surface area contributed by atoms with E-state index < -0.39 is 0 Å². The second-order valence-electron chi connectivity index (χ2n) is 8.30. The Kier molecular flexibility index (Phi) is 3.02. The quantitative estimate of drug-likeness (QED) is 0.851. The van der Waals surface area contributed by atoms with E-state index in [0.29, 0.717) is 23.1 Å². The van der Waals surface area contributed by atoms with Crippen LogP contribution in [0.2, 0.25) is 0 Å². The molecule has 6 heteroatoms. The van der Waals surface area contributed by atoms with E-state index in [1.165, 1.54) is 6.42 Å². The SMILES string of the molecule is CC1(C)CC2CC(C)(CN2C(=O)Cc2nc3ncccn3n2)C1. The van der Waals surface area contributed by atoms with Gasteiger partial charge in [0.15, 0.2) is 5.82 Å². The minimum absolute atomic E-state index is 0.146. The van der Waals surface area contributed by atoms with Crippen LogP contribution in [-0.2, 0) is 11.2 Å². The van der Waals surface area contributed by atoms with Gasteiger partial charge in [-0.2, -0.15) is 4.98 Å². The number of aromatic nitrogens is 4. The molecule has 0 spiro atoms. The average molecular weight is 313 g/mol. The highest BCUT2D eigenvalue weighted by atomic mass is 16.2. The third-order valence-electron chi connectivity index (χ3n) is 5.20. The van der Waals surface area contributed by atoms with Gasteiger partial charge in [-0.1, -0.05) is 20.8 Å². The van der Waals surface area contributed by atoms with Crippen LogP contribution in [0.5, 0.6) is 0 Å². The molecule has 1 saturated carbocycles. The molecular formula is C17H23N5O. The van der Waals surface area contributed by atoms with Gasteiger partial charge in [0, 0.05) is 25.0 Å². The van der Waals surface area contributed by atoms with Gasteiger partial charge in [-0.15, -0.1) is 5.10 Å². The minimum Gasteiger partial charge on any atom is -0.339 e. The van der Waals surface area contributed by atoms with E-state index in [0.717, 1.165) is 19.4 Å². The molecule has 2 bridgehead atoms. The molecule has 0 radical (unpaired) electrons. The van der Waals surface area contributed by atoms with E-state index in [2.05, 4.69) is 40.7 Å². The van der Waals surface area contributed by atoms with Crippen molar-refractivity contribution < 1.29 is 4.79 Å². The first-order valence-corrected chi connectivity index (χ1v) is 8.29. The molecule has 2 atom stereocenters. The van der Waals surface area contributed by atoms with Crippen molar-refractivity contribution in [3.8, 4) is 0 Å². The monoisotopic (exact) mass is 313 g/mol. The molecule has 2 fully saturated rings. The van der Waals surface area contributed by atoms with Gasteiger partial charge in [-0.25, -0.2) is 9.50 Å². The molecule has 1 aliphatic carbocycles. The number of rotatable bonds is 2. The highest BCUT2D eigenvalue weighted by Crippen LogP contribution is 2.52. The van der Waals surface area contributed by atoms with Gasteiger partial charge in [0.1, 0.15) is 0 Å². The zero-order valence-electron chi connectivity index (χ0n) is 14.0. The van der Waals surface area contributed by atoms with Crippen molar-refractivity contribution in [3.63, 3.8) is 0 Å². The molecule has 2 aliphatic rings. The number of hydrogen-bond acceptors (Lipinski definition) is 4. The summed E-state index contributed by atoms with van der Waals surface area (Å²) in [6.07, 6.45) is 7.15. The topological polar surface area (TPSA) is 63.4 Å². The summed E-state index contributed by atoms with van der Waals surface area (Å²) in [5, 5.41) is 4.35. The standard InChI is InChI=1S/C17H23N5O/c1-16(2)8-12-9-17(3,10-16)11-21(12)14(23)7-13-19-15-18-5-4-6-22(15)20-13/h4-6,12H,7-11H2,1-3H3. The fraction of sp³-hybridized carbons (Fsp3) is 0.647. The Hall–Kier alpha value is -1.98. The molecule has 2 aromatic heterocycles. The lowest BCUT2D eigenvalue weighted by Crippen LogP contribution is -2.38. The summed E-state index contributed by atoms with van der Waals surface area (Å²) in [7, 11) is 0. The normalized spacial score (nSPS) is 29.2. The van der Waals surface area contributed by atoms with Crippen molar-refractivity contribution in [2.24, 2.45) is 10.8 Å². The molecule has 0 aromatic carbocycles. The Bertz CT molecular complexity index is 734. The lowest BCUT2D eigenvalue weighted by Gasteiger charge is -2.39. The van der Waals surface area contributed by atoms with Gasteiger partial charge in [0.2, 0.25) is 5.91 Å². The van der Waals surface area contributed by atoms with Gasteiger partial charge in [-0.05, 0) is 36.2 Å². The van der Waals surface area contributed by atoms with Gasteiger partial charge in [-0.3, -0.25) is 4.79 Å². The molecule has 3 heterocycles. The molecule has 6 nitrogen and oxygen atoms in total. The first-order valence-electron chi connectivity index (χ1n) is 8.29. The number of carbonyl (C=O) groups is 1. The lowest BCUT2D eigenvalue weighted by molar-refractivity contribution is -0.131. The minimum atomic E-state index is 0.146. The van der Waals surface area contributed by atoms with Crippen molar-refractivity contribution in [1.29, 1.82) is 0 Å². The predicted molar refractivity (Wildman–Crippen MR) is 85.7 cm³/mol. The summed E-state index contributed by atoms with van der Waals surface area (Å²) >= 11 is 0. The predicted octanol–water partition coefficient (Wildman–Crippen LogP) is 2.09. The summed E-state index contributed by atoms with van der Waals surface area (Å²) < 4.78 is 1.62. The molecule has 2 unspecified atom stereocenters. The number of fused-ring (bicyclic) bond motifs is 3. The molecule has 1 aliphatic heterocycles. The Morgan fingerprint density at radius 3 is 2.96 bits per heavy atom. The highest BCUT2D eigenvalue weighted by molar-refractivity contribution is 5.79. The second kappa shape index (κ2) is 4.76. The van der Waals surface area contributed by atoms with E-state index in [-0.39, 0.29) is 17.7 Å². The summed E-state index contributed by atoms with van der Waals surface area (Å²) in [6, 6.07) is 2.17. The molecule has 1 amide bonds. The maximum atomic E-state index is 12.8. The lowest BCUT2D eigenvalue weighted by atomic mass is 9.65. The number of amides is 1. The molecule has 23 heavy (non-hydrogen) atoms. The van der Waals surface area contributed by atoms with Gasteiger partial charge in [0.05, 0.1) is 6.42 Å². The van der Waals surface area contributed by atoms with Crippen LogP contribution < -0.4 is 0 Å². The zero-order valence-corrected chi connectivity index (χ0v) is 14.0. The van der Waals surface area contributed by atoms with Crippen LogP contribution in [-0.4, -0.2) is 43.0 Å². The van der Waals surface area contributed by atoms with E-state index in [1.54, 1.807) is 23.0 Å². The van der Waals surface area contributed by atoms with Crippen LogP contribution in [0.4, 0.5) is 0 Å². The zero-order chi connectivity index (χ0) is 16.2. The highest BCUT2D eigenvalue weighted by Gasteiger charge is 2.50. The summed E-state index contributed by atoms with van der Waals surface area (Å²) in [5.74, 6) is 1.25. The average Bonchev–Trinajstić information content (AvgIpc) is 2.95. The van der Waals surface area contributed by atoms with E-state index >= 15 is 0 Å². The van der Waals surface area contributed by atoms with Crippen molar-refractivity contribution in [1.82, 2.24) is 24.5 Å². The van der Waals surface area contributed by atoms with Gasteiger partial charge in [0.25, 0.3) is 5.78 Å². The fourth-order valence-corrected chi connectivity index (χ4v) is 4.84. The fourth-order valence-electron chi connectivity index (χ4n) is 4.84. The Morgan fingerprint density at radius 1 is 1.35 bits per heavy atom. The van der Waals surface area contributed by atoms with Crippen LogP contribution in [0.25, 0.3) is 5.78 Å². The summed E-state index contributed by atoms with van der Waals surface area (Å²) in [4.78, 5) is 23.4. The molecule has 0 N–H and O–H groups in total. The first-order chi connectivity index (χ1) is 10.8. The first kappa shape index (κ1) is 14.6. The maximum Gasteiger partial charge on any atom is 0.252 e. The van der Waals surface area contributed by atoms with E-state index in [9.17, 15) is 4.79 Å². The third-order valence-corrected chi connectivity index (χ3v) is 5.20. The van der Waals surface area contributed by atoms with Gasteiger partial charge >= 0.3 is 0 Å². The maximum absolute atomic E-state index is 12.8. The van der Waals surface area contributed by atoms with Crippen molar-refractivity contribution >= 4 is 11.7 Å². The molecule has 122 valence electrons. The molecule has 1 saturated heterocycles. The smallest absolute Gasteiger partial charge is 0.252 e. The van der Waals surface area contributed by atoms with E-state index in [1.807, 2.05) is 0 Å². The molecule has 2 aromatic rings. The van der Waals surface area contributed by atoms with Crippen molar-refractivity contribution in [2.75, 3.05) is 6.54 Å². The van der Waals surface area contributed by atoms with Crippen LogP contribution in [0, 0.1) is 10.8 Å². The summed E-state index contributed by atoms with van der Waals surface area (Å²) in [5.41, 5.74) is 0.577. The Labute approximate surface area is 135 Å². The Balaban J connectivity index is 1.53. The molecule has 4 rings (SSSR count). The molecular weight excluding hydrogens is 290 g/mol. The van der Waals surface area contributed by atoms with Crippen LogP contribution >= 0.6 is 0 Å². The third kappa shape index (κ3) is 2.60. The number of hydrogen-bond donors (Lipinski definition) is 0. The van der Waals surface area contributed by atoms with E-state index in [4.69, 9.17) is 0 Å². The van der Waals surface area contributed by atoms with Crippen LogP contribution in [0.15, 0.2) is 18.5 Å². The Morgan fingerprint density at radius 2 is 2.17 bits per heavy atom. The largest absolute Gasteiger partial charge is 0.339 e. The number of nitrogens with zero attached hydrogens (tertiary/aromatic N) is 5. The second-order valence-corrected chi connectivity index (χ2v) is 8.30. The van der Waals surface area contributed by atoms with Crippen LogP contribution in [0.3, 0.4) is 0 Å². The van der Waals surface area contributed by atoms with Gasteiger partial charge < -0.3 is 4.90 Å².